The van der Waals surface area contributed by atoms with E-state index in [9.17, 15) is 19.7 Å². The molecule has 7 nitrogen and oxygen atoms in total. The molecule has 0 bridgehead atoms. The number of nitrogens with zero attached hydrogens (tertiary/aromatic N) is 2. The Balaban J connectivity index is 2.90. The average Bonchev–Trinajstić information content (AvgIpc) is 2.27. The van der Waals surface area contributed by atoms with Gasteiger partial charge in [-0.1, -0.05) is 0 Å². The number of hydrogen-bond donors (Lipinski definition) is 1. The highest BCUT2D eigenvalue weighted by Crippen LogP contribution is 2.06. The van der Waals surface area contributed by atoms with Gasteiger partial charge in [0.2, 0.25) is 5.91 Å². The summed E-state index contributed by atoms with van der Waals surface area (Å²) in [6.07, 6.45) is 0.111. The Kier molecular flexibility index (Phi) is 4.80. The normalized spacial score (nSPS) is 10.5. The molecule has 1 rings (SSSR count). The molecule has 1 heterocycles. The van der Waals surface area contributed by atoms with Crippen molar-refractivity contribution in [1.82, 2.24) is 9.88 Å². The van der Waals surface area contributed by atoms with Crippen LogP contribution < -0.4 is 10.9 Å². The molecule has 19 heavy (non-hydrogen) atoms. The monoisotopic (exact) mass is 267 g/mol. The number of aryl methyl sites for hydroxylation is 1. The first-order valence-corrected chi connectivity index (χ1v) is 5.97. The minimum atomic E-state index is -0.716. The Morgan fingerprint density at radius 1 is 1.47 bits per heavy atom. The molecule has 0 aromatic carbocycles. The molecule has 0 saturated heterocycles. The van der Waals surface area contributed by atoms with Gasteiger partial charge in [0, 0.05) is 30.8 Å². The van der Waals surface area contributed by atoms with E-state index in [1.165, 1.54) is 16.7 Å². The number of rotatable bonds is 5. The summed E-state index contributed by atoms with van der Waals surface area (Å²) >= 11 is 0. The first kappa shape index (κ1) is 14.9. The van der Waals surface area contributed by atoms with Gasteiger partial charge in [-0.2, -0.15) is 0 Å². The maximum absolute atomic E-state index is 11.9. The highest BCUT2D eigenvalue weighted by atomic mass is 16.6. The SMILES string of the molecule is Cc1ccc([N+](=O)[O-])c(=O)n1CCC(=O)NC(C)C. The van der Waals surface area contributed by atoms with Crippen LogP contribution >= 0.6 is 0 Å². The fourth-order valence-corrected chi connectivity index (χ4v) is 1.68. The van der Waals surface area contributed by atoms with Crippen LogP contribution in [-0.2, 0) is 11.3 Å². The molecular weight excluding hydrogens is 250 g/mol. The first-order chi connectivity index (χ1) is 8.82. The second-order valence-corrected chi connectivity index (χ2v) is 4.55. The van der Waals surface area contributed by atoms with Gasteiger partial charge in [-0.3, -0.25) is 19.7 Å². The zero-order valence-electron chi connectivity index (χ0n) is 11.2. The van der Waals surface area contributed by atoms with Crippen LogP contribution in [0.4, 0.5) is 5.69 Å². The molecule has 0 saturated carbocycles. The minimum absolute atomic E-state index is 0.0235. The molecule has 0 fully saturated rings. The maximum atomic E-state index is 11.9. The summed E-state index contributed by atoms with van der Waals surface area (Å²) in [4.78, 5) is 33.3. The van der Waals surface area contributed by atoms with Gasteiger partial charge in [0.1, 0.15) is 0 Å². The molecule has 0 spiro atoms. The van der Waals surface area contributed by atoms with E-state index in [-0.39, 0.29) is 24.9 Å². The number of nitrogens with one attached hydrogen (secondary N) is 1. The van der Waals surface area contributed by atoms with Crippen LogP contribution in [-0.4, -0.2) is 21.4 Å². The van der Waals surface area contributed by atoms with E-state index >= 15 is 0 Å². The minimum Gasteiger partial charge on any atom is -0.354 e. The topological polar surface area (TPSA) is 94.2 Å². The van der Waals surface area contributed by atoms with Crippen LogP contribution in [0.3, 0.4) is 0 Å². The lowest BCUT2D eigenvalue weighted by Crippen LogP contribution is -2.32. The van der Waals surface area contributed by atoms with Gasteiger partial charge in [-0.15, -0.1) is 0 Å². The summed E-state index contributed by atoms with van der Waals surface area (Å²) in [5, 5.41) is 13.4. The molecule has 0 aliphatic heterocycles. The van der Waals surface area contributed by atoms with Gasteiger partial charge in [0.15, 0.2) is 0 Å². The molecule has 1 N–H and O–H groups in total. The van der Waals surface area contributed by atoms with Crippen LogP contribution in [0, 0.1) is 17.0 Å². The zero-order valence-corrected chi connectivity index (χ0v) is 11.2. The van der Waals surface area contributed by atoms with Gasteiger partial charge in [0.25, 0.3) is 0 Å². The second kappa shape index (κ2) is 6.12. The number of amides is 1. The highest BCUT2D eigenvalue weighted by molar-refractivity contribution is 5.76. The molecule has 1 amide bonds. The van der Waals surface area contributed by atoms with Crippen LogP contribution in [0.15, 0.2) is 16.9 Å². The van der Waals surface area contributed by atoms with Gasteiger partial charge in [0.05, 0.1) is 4.92 Å². The van der Waals surface area contributed by atoms with Crippen LogP contribution in [0.25, 0.3) is 0 Å². The second-order valence-electron chi connectivity index (χ2n) is 4.55. The molecule has 0 aliphatic rings. The summed E-state index contributed by atoms with van der Waals surface area (Å²) in [7, 11) is 0. The third-order valence-electron chi connectivity index (χ3n) is 2.58. The van der Waals surface area contributed by atoms with E-state index in [4.69, 9.17) is 0 Å². The molecule has 0 atom stereocenters. The summed E-state index contributed by atoms with van der Waals surface area (Å²) < 4.78 is 1.25. The number of hydrogen-bond acceptors (Lipinski definition) is 4. The number of nitro groups is 1. The predicted molar refractivity (Wildman–Crippen MR) is 70.0 cm³/mol. The molecule has 7 heteroatoms. The third-order valence-corrected chi connectivity index (χ3v) is 2.58. The molecule has 0 aliphatic carbocycles. The lowest BCUT2D eigenvalue weighted by atomic mass is 10.3. The van der Waals surface area contributed by atoms with E-state index in [1.54, 1.807) is 6.92 Å². The van der Waals surface area contributed by atoms with E-state index < -0.39 is 16.2 Å². The van der Waals surface area contributed by atoms with Crippen LogP contribution in [0.1, 0.15) is 26.0 Å². The molecular formula is C12H17N3O4. The van der Waals surface area contributed by atoms with Gasteiger partial charge >= 0.3 is 11.2 Å². The zero-order chi connectivity index (χ0) is 14.6. The van der Waals surface area contributed by atoms with Crippen molar-refractivity contribution >= 4 is 11.6 Å². The Bertz CT molecular complexity index is 548. The van der Waals surface area contributed by atoms with Crippen molar-refractivity contribution in [3.63, 3.8) is 0 Å². The van der Waals surface area contributed by atoms with Crippen molar-refractivity contribution < 1.29 is 9.72 Å². The molecule has 0 unspecified atom stereocenters. The fraction of sp³-hybridized carbons (Fsp3) is 0.500. The summed E-state index contributed by atoms with van der Waals surface area (Å²) in [5.41, 5.74) is -0.565. The van der Waals surface area contributed by atoms with Crippen molar-refractivity contribution in [3.8, 4) is 0 Å². The maximum Gasteiger partial charge on any atom is 0.334 e. The lowest BCUT2D eigenvalue weighted by Gasteiger charge is -2.11. The smallest absolute Gasteiger partial charge is 0.334 e. The summed E-state index contributed by atoms with van der Waals surface area (Å²) in [6, 6.07) is 2.71. The van der Waals surface area contributed by atoms with Crippen LogP contribution in [0.5, 0.6) is 0 Å². The van der Waals surface area contributed by atoms with Crippen LogP contribution in [0.2, 0.25) is 0 Å². The van der Waals surface area contributed by atoms with Crippen molar-refractivity contribution in [1.29, 1.82) is 0 Å². The quantitative estimate of drug-likeness (QED) is 0.635. The largest absolute Gasteiger partial charge is 0.354 e. The summed E-state index contributed by atoms with van der Waals surface area (Å²) in [6.45, 7) is 5.47. The highest BCUT2D eigenvalue weighted by Gasteiger charge is 2.16. The Hall–Kier alpha value is -2.18. The molecule has 1 aromatic rings. The van der Waals surface area contributed by atoms with E-state index in [2.05, 4.69) is 5.32 Å². The Labute approximate surface area is 110 Å². The van der Waals surface area contributed by atoms with E-state index in [0.717, 1.165) is 0 Å². The standard InChI is InChI=1S/C12H17N3O4/c1-8(2)13-11(16)6-7-14-9(3)4-5-10(12(14)17)15(18)19/h4-5,8H,6-7H2,1-3H3,(H,13,16). The summed E-state index contributed by atoms with van der Waals surface area (Å²) in [5.74, 6) is -0.187. The molecule has 0 radical (unpaired) electrons. The van der Waals surface area contributed by atoms with Gasteiger partial charge in [-0.05, 0) is 26.8 Å². The van der Waals surface area contributed by atoms with E-state index in [1.807, 2.05) is 13.8 Å². The molecule has 104 valence electrons. The fourth-order valence-electron chi connectivity index (χ4n) is 1.68. The number of carbonyl (C=O) groups excluding carboxylic acids is 1. The predicted octanol–water partition coefficient (Wildman–Crippen LogP) is 0.980. The molecule has 1 aromatic heterocycles. The number of pyridine rings is 1. The number of aromatic nitrogens is 1. The average molecular weight is 267 g/mol. The lowest BCUT2D eigenvalue weighted by molar-refractivity contribution is -0.386. The van der Waals surface area contributed by atoms with E-state index in [0.29, 0.717) is 5.69 Å². The van der Waals surface area contributed by atoms with Gasteiger partial charge < -0.3 is 9.88 Å². The van der Waals surface area contributed by atoms with Crippen molar-refractivity contribution in [2.75, 3.05) is 0 Å². The van der Waals surface area contributed by atoms with Gasteiger partial charge in [-0.25, -0.2) is 0 Å². The van der Waals surface area contributed by atoms with Crippen molar-refractivity contribution in [2.24, 2.45) is 0 Å². The Morgan fingerprint density at radius 3 is 2.63 bits per heavy atom. The Morgan fingerprint density at radius 2 is 2.11 bits per heavy atom. The van der Waals surface area contributed by atoms with Crippen molar-refractivity contribution in [2.45, 2.75) is 39.8 Å². The van der Waals surface area contributed by atoms with Crippen molar-refractivity contribution in [3.05, 3.63) is 38.3 Å². The third kappa shape index (κ3) is 3.90. The number of carbonyl (C=O) groups is 1. The first-order valence-electron chi connectivity index (χ1n) is 5.97.